The Labute approximate surface area is 127 Å². The summed E-state index contributed by atoms with van der Waals surface area (Å²) in [6.07, 6.45) is -9.46. The van der Waals surface area contributed by atoms with Crippen LogP contribution in [-0.4, -0.2) is 17.1 Å². The minimum absolute atomic E-state index is 0.0658. The Kier molecular flexibility index (Phi) is 4.32. The second-order valence-electron chi connectivity index (χ2n) is 5.38. The lowest BCUT2D eigenvalue weighted by Gasteiger charge is -2.31. The van der Waals surface area contributed by atoms with Crippen molar-refractivity contribution in [1.82, 2.24) is 0 Å². The van der Waals surface area contributed by atoms with Crippen LogP contribution in [-0.2, 0) is 16.6 Å². The van der Waals surface area contributed by atoms with E-state index in [0.717, 1.165) is 6.08 Å². The van der Waals surface area contributed by atoms with Gasteiger partial charge in [-0.3, -0.25) is 4.79 Å². The van der Waals surface area contributed by atoms with E-state index in [1.165, 1.54) is 0 Å². The first-order valence-electron chi connectivity index (χ1n) is 6.62. The molecular weight excluding hydrogens is 326 g/mol. The van der Waals surface area contributed by atoms with Crippen molar-refractivity contribution < 1.29 is 36.2 Å². The van der Waals surface area contributed by atoms with Gasteiger partial charge in [-0.1, -0.05) is 17.7 Å². The maximum Gasteiger partial charge on any atom is 0.421 e. The summed E-state index contributed by atoms with van der Waals surface area (Å²) >= 11 is 0. The van der Waals surface area contributed by atoms with Gasteiger partial charge in [0.1, 0.15) is 0 Å². The van der Waals surface area contributed by atoms with Crippen LogP contribution in [0.3, 0.4) is 0 Å². The average molecular weight is 338 g/mol. The quantitative estimate of drug-likeness (QED) is 0.842. The third kappa shape index (κ3) is 3.57. The van der Waals surface area contributed by atoms with E-state index in [0.29, 0.717) is 24.3 Å². The summed E-state index contributed by atoms with van der Waals surface area (Å²) in [5.74, 6) is -0.336. The van der Waals surface area contributed by atoms with Gasteiger partial charge in [-0.15, -0.1) is 0 Å². The molecule has 0 aromatic heterocycles. The fourth-order valence-corrected chi connectivity index (χ4v) is 2.42. The molecule has 1 aliphatic rings. The number of carbonyl (C=O) groups excluding carboxylic acids is 1. The topological polar surface area (TPSA) is 37.3 Å². The Balaban J connectivity index is 2.39. The van der Waals surface area contributed by atoms with Crippen LogP contribution >= 0.6 is 0 Å². The predicted molar refractivity (Wildman–Crippen MR) is 68.3 cm³/mol. The third-order valence-corrected chi connectivity index (χ3v) is 3.70. The van der Waals surface area contributed by atoms with E-state index in [1.54, 1.807) is 0 Å². The zero-order valence-electron chi connectivity index (χ0n) is 11.6. The number of allylic oxidation sites excluding steroid dienone is 1. The molecule has 23 heavy (non-hydrogen) atoms. The van der Waals surface area contributed by atoms with E-state index in [4.69, 9.17) is 0 Å². The number of aliphatic hydroxyl groups is 1. The van der Waals surface area contributed by atoms with Gasteiger partial charge >= 0.3 is 12.4 Å². The molecule has 0 saturated carbocycles. The van der Waals surface area contributed by atoms with Crippen molar-refractivity contribution in [2.75, 3.05) is 0 Å². The summed E-state index contributed by atoms with van der Waals surface area (Å²) in [5, 5.41) is 10.1. The number of benzene rings is 1. The molecule has 0 saturated heterocycles. The molecule has 2 rings (SSSR count). The molecule has 1 aliphatic carbocycles. The molecule has 2 nitrogen and oxygen atoms in total. The first kappa shape index (κ1) is 17.5. The molecule has 0 spiro atoms. The molecule has 0 unspecified atom stereocenters. The Bertz CT molecular complexity index is 627. The summed E-state index contributed by atoms with van der Waals surface area (Å²) in [6.45, 7) is 0. The molecule has 0 aliphatic heterocycles. The number of alkyl halides is 6. The number of hydrogen-bond donors (Lipinski definition) is 1. The summed E-state index contributed by atoms with van der Waals surface area (Å²) in [4.78, 5) is 11.1. The van der Waals surface area contributed by atoms with E-state index in [9.17, 15) is 36.2 Å². The molecule has 0 fully saturated rings. The van der Waals surface area contributed by atoms with Crippen molar-refractivity contribution in [1.29, 1.82) is 0 Å². The molecule has 1 atom stereocenters. The summed E-state index contributed by atoms with van der Waals surface area (Å²) in [6, 6.07) is 2.18. The Hall–Kier alpha value is -1.83. The minimum atomic E-state index is -5.10. The SMILES string of the molecule is O=C1C=C(C[C@@](O)(c2ccc(C(F)(F)F)cc2)C(F)(F)F)CC1. The maximum atomic E-state index is 13.3. The van der Waals surface area contributed by atoms with E-state index < -0.39 is 35.5 Å². The van der Waals surface area contributed by atoms with Crippen LogP contribution in [0.5, 0.6) is 0 Å². The van der Waals surface area contributed by atoms with Gasteiger partial charge in [-0.25, -0.2) is 0 Å². The molecular formula is C15H12F6O2. The molecule has 1 aromatic carbocycles. The van der Waals surface area contributed by atoms with Crippen molar-refractivity contribution in [3.63, 3.8) is 0 Å². The van der Waals surface area contributed by atoms with Crippen molar-refractivity contribution in [2.24, 2.45) is 0 Å². The van der Waals surface area contributed by atoms with Crippen molar-refractivity contribution in [3.05, 3.63) is 47.0 Å². The number of halogens is 6. The minimum Gasteiger partial charge on any atom is -0.376 e. The maximum absolute atomic E-state index is 13.3. The van der Waals surface area contributed by atoms with Crippen molar-refractivity contribution in [2.45, 2.75) is 37.2 Å². The lowest BCUT2D eigenvalue weighted by Crippen LogP contribution is -2.42. The number of rotatable bonds is 3. The van der Waals surface area contributed by atoms with Gasteiger partial charge in [-0.2, -0.15) is 26.3 Å². The van der Waals surface area contributed by atoms with Gasteiger partial charge in [-0.05, 0) is 30.2 Å². The van der Waals surface area contributed by atoms with Gasteiger partial charge in [0.25, 0.3) is 0 Å². The highest BCUT2D eigenvalue weighted by molar-refractivity contribution is 5.92. The fraction of sp³-hybridized carbons (Fsp3) is 0.400. The highest BCUT2D eigenvalue weighted by Crippen LogP contribution is 2.45. The van der Waals surface area contributed by atoms with Crippen LogP contribution in [0.1, 0.15) is 30.4 Å². The van der Waals surface area contributed by atoms with Crippen LogP contribution in [0.25, 0.3) is 0 Å². The molecule has 0 bridgehead atoms. The Morgan fingerprint density at radius 2 is 1.43 bits per heavy atom. The molecule has 1 N–H and O–H groups in total. The van der Waals surface area contributed by atoms with E-state index in [1.807, 2.05) is 0 Å². The van der Waals surface area contributed by atoms with Gasteiger partial charge in [0.05, 0.1) is 5.56 Å². The van der Waals surface area contributed by atoms with Crippen LogP contribution in [0.2, 0.25) is 0 Å². The molecule has 8 heteroatoms. The van der Waals surface area contributed by atoms with Gasteiger partial charge in [0.2, 0.25) is 0 Å². The zero-order valence-corrected chi connectivity index (χ0v) is 11.6. The zero-order chi connectivity index (χ0) is 17.5. The van der Waals surface area contributed by atoms with Gasteiger partial charge < -0.3 is 5.11 Å². The Morgan fingerprint density at radius 1 is 0.913 bits per heavy atom. The van der Waals surface area contributed by atoms with Crippen molar-refractivity contribution in [3.8, 4) is 0 Å². The largest absolute Gasteiger partial charge is 0.421 e. The molecule has 0 radical (unpaired) electrons. The van der Waals surface area contributed by atoms with Crippen LogP contribution in [0.15, 0.2) is 35.9 Å². The molecule has 0 amide bonds. The normalized spacial score (nSPS) is 18.7. The van der Waals surface area contributed by atoms with Gasteiger partial charge in [0.15, 0.2) is 11.4 Å². The monoisotopic (exact) mass is 338 g/mol. The van der Waals surface area contributed by atoms with Crippen LogP contribution in [0.4, 0.5) is 26.3 Å². The smallest absolute Gasteiger partial charge is 0.376 e. The number of hydrogen-bond acceptors (Lipinski definition) is 2. The Morgan fingerprint density at radius 3 is 1.83 bits per heavy atom. The van der Waals surface area contributed by atoms with Crippen molar-refractivity contribution >= 4 is 5.78 Å². The summed E-state index contributed by atoms with van der Waals surface area (Å²) < 4.78 is 77.3. The highest BCUT2D eigenvalue weighted by atomic mass is 19.4. The molecule has 1 aromatic rings. The lowest BCUT2D eigenvalue weighted by atomic mass is 9.85. The second kappa shape index (κ2) is 5.67. The lowest BCUT2D eigenvalue weighted by molar-refractivity contribution is -0.266. The second-order valence-corrected chi connectivity index (χ2v) is 5.38. The third-order valence-electron chi connectivity index (χ3n) is 3.70. The van der Waals surface area contributed by atoms with E-state index in [-0.39, 0.29) is 24.2 Å². The fourth-order valence-electron chi connectivity index (χ4n) is 2.42. The average Bonchev–Trinajstić information content (AvgIpc) is 2.82. The first-order valence-corrected chi connectivity index (χ1v) is 6.62. The number of carbonyl (C=O) groups is 1. The molecule has 126 valence electrons. The van der Waals surface area contributed by atoms with E-state index >= 15 is 0 Å². The van der Waals surface area contributed by atoms with Crippen LogP contribution < -0.4 is 0 Å². The number of ketones is 1. The predicted octanol–water partition coefficient (Wildman–Crippen LogP) is 4.13. The summed E-state index contributed by atoms with van der Waals surface area (Å²) in [5.41, 5.74) is -5.03. The van der Waals surface area contributed by atoms with Gasteiger partial charge in [0, 0.05) is 12.8 Å². The highest BCUT2D eigenvalue weighted by Gasteiger charge is 2.55. The first-order chi connectivity index (χ1) is 10.4. The summed E-state index contributed by atoms with van der Waals surface area (Å²) in [7, 11) is 0. The molecule has 0 heterocycles. The van der Waals surface area contributed by atoms with E-state index in [2.05, 4.69) is 0 Å². The standard InChI is InChI=1S/C15H12F6O2/c16-14(17,18)11-4-2-10(3-5-11)13(23,15(19,20)21)8-9-1-6-12(22)7-9/h2-5,7,23H,1,6,8H2/t13-/m1/s1. The van der Waals surface area contributed by atoms with Crippen LogP contribution in [0, 0.1) is 0 Å².